The van der Waals surface area contributed by atoms with Gasteiger partial charge in [-0.3, -0.25) is 14.1 Å². The minimum absolute atomic E-state index is 0.0383. The molecular formula is C34H40N8O. The standard InChI is InChI=1S/C34H40N8O/c1-4-41(16-14-36-21-30(43)38-22(2)3)27-18-26(19-27)34-40-31(32-33(35)37-15-17-42(32)34)25-11-10-24-12-13-28(39-29(24)20-25)23-8-6-5-7-9-23/h5-13,15,17,20,22,26-27,36H,4,14,16,18-19,21H2,1-3H3,(H2,35,37)(H,38,43). The van der Waals surface area contributed by atoms with Gasteiger partial charge in [-0.2, -0.15) is 0 Å². The number of carbonyl (C=O) groups is 1. The van der Waals surface area contributed by atoms with Crippen LogP contribution in [0.1, 0.15) is 45.4 Å². The van der Waals surface area contributed by atoms with E-state index in [4.69, 9.17) is 15.7 Å². The third kappa shape index (κ3) is 6.09. The van der Waals surface area contributed by atoms with E-state index >= 15 is 0 Å². The average Bonchev–Trinajstić information content (AvgIpc) is 3.37. The van der Waals surface area contributed by atoms with E-state index in [1.54, 1.807) is 6.20 Å². The molecule has 0 bridgehead atoms. The summed E-state index contributed by atoms with van der Waals surface area (Å²) in [6.45, 7) is 9.15. The molecule has 0 saturated heterocycles. The molecule has 0 aliphatic heterocycles. The van der Waals surface area contributed by atoms with Gasteiger partial charge in [-0.15, -0.1) is 0 Å². The van der Waals surface area contributed by atoms with Crippen LogP contribution in [0, 0.1) is 0 Å². The lowest BCUT2D eigenvalue weighted by molar-refractivity contribution is -0.120. The molecule has 5 aromatic rings. The molecule has 3 heterocycles. The number of nitrogens with zero attached hydrogens (tertiary/aromatic N) is 5. The molecule has 0 atom stereocenters. The van der Waals surface area contributed by atoms with Gasteiger partial charge in [-0.05, 0) is 45.4 Å². The first-order valence-corrected chi connectivity index (χ1v) is 15.2. The van der Waals surface area contributed by atoms with Crippen LogP contribution in [-0.2, 0) is 4.79 Å². The van der Waals surface area contributed by atoms with Crippen LogP contribution in [0.25, 0.3) is 38.9 Å². The summed E-state index contributed by atoms with van der Waals surface area (Å²) in [6, 6.07) is 21.4. The molecule has 1 saturated carbocycles. The first-order chi connectivity index (χ1) is 20.9. The van der Waals surface area contributed by atoms with Crippen LogP contribution in [0.5, 0.6) is 0 Å². The lowest BCUT2D eigenvalue weighted by atomic mass is 9.78. The number of nitrogen functional groups attached to an aromatic ring is 1. The summed E-state index contributed by atoms with van der Waals surface area (Å²) in [5.41, 5.74) is 12.1. The normalized spacial score (nSPS) is 16.7. The third-order valence-electron chi connectivity index (χ3n) is 8.36. The second-order valence-corrected chi connectivity index (χ2v) is 11.7. The van der Waals surface area contributed by atoms with E-state index in [0.29, 0.717) is 24.3 Å². The van der Waals surface area contributed by atoms with Crippen molar-refractivity contribution in [2.24, 2.45) is 0 Å². The lowest BCUT2D eigenvalue weighted by Gasteiger charge is -2.42. The number of nitrogens with two attached hydrogens (primary N) is 1. The molecule has 3 aromatic heterocycles. The summed E-state index contributed by atoms with van der Waals surface area (Å²) in [7, 11) is 0. The zero-order valence-corrected chi connectivity index (χ0v) is 25.1. The molecule has 222 valence electrons. The van der Waals surface area contributed by atoms with Gasteiger partial charge in [0.05, 0.1) is 17.8 Å². The van der Waals surface area contributed by atoms with E-state index in [9.17, 15) is 4.79 Å². The number of pyridine rings is 1. The van der Waals surface area contributed by atoms with Crippen LogP contribution in [0.3, 0.4) is 0 Å². The van der Waals surface area contributed by atoms with Crippen LogP contribution in [0.15, 0.2) is 73.1 Å². The van der Waals surface area contributed by atoms with Gasteiger partial charge in [-0.25, -0.2) is 15.0 Å². The molecule has 0 radical (unpaired) electrons. The van der Waals surface area contributed by atoms with Gasteiger partial charge in [0.1, 0.15) is 22.9 Å². The molecule has 0 unspecified atom stereocenters. The van der Waals surface area contributed by atoms with Gasteiger partial charge in [0, 0.05) is 60.0 Å². The average molecular weight is 577 g/mol. The molecule has 1 aliphatic rings. The number of rotatable bonds is 11. The predicted molar refractivity (Wildman–Crippen MR) is 173 cm³/mol. The molecule has 0 spiro atoms. The number of likely N-dealkylation sites (N-methyl/N-ethyl adjacent to an activating group) is 1. The molecular weight excluding hydrogens is 536 g/mol. The molecule has 1 fully saturated rings. The zero-order valence-electron chi connectivity index (χ0n) is 25.1. The van der Waals surface area contributed by atoms with E-state index in [1.165, 1.54) is 0 Å². The maximum absolute atomic E-state index is 11.9. The first kappa shape index (κ1) is 28.8. The van der Waals surface area contributed by atoms with Crippen molar-refractivity contribution in [1.29, 1.82) is 0 Å². The van der Waals surface area contributed by atoms with Gasteiger partial charge >= 0.3 is 0 Å². The number of nitrogens with one attached hydrogen (secondary N) is 2. The number of carbonyl (C=O) groups excluding carboxylic acids is 1. The minimum Gasteiger partial charge on any atom is -0.382 e. The number of amides is 1. The van der Waals surface area contributed by atoms with Crippen LogP contribution < -0.4 is 16.4 Å². The van der Waals surface area contributed by atoms with Crippen molar-refractivity contribution in [3.8, 4) is 22.5 Å². The molecule has 9 nitrogen and oxygen atoms in total. The van der Waals surface area contributed by atoms with Gasteiger partial charge < -0.3 is 16.4 Å². The SMILES string of the molecule is CCN(CCNCC(=O)NC(C)C)C1CC(c2nc(-c3ccc4ccc(-c5ccccc5)nc4c3)c3c(N)nccn23)C1. The maximum atomic E-state index is 11.9. The number of imidazole rings is 1. The molecule has 1 aliphatic carbocycles. The van der Waals surface area contributed by atoms with Crippen molar-refractivity contribution in [3.05, 3.63) is 78.9 Å². The Morgan fingerprint density at radius 3 is 2.63 bits per heavy atom. The summed E-state index contributed by atoms with van der Waals surface area (Å²) in [5, 5.41) is 7.28. The predicted octanol–water partition coefficient (Wildman–Crippen LogP) is 4.88. The highest BCUT2D eigenvalue weighted by Gasteiger charge is 2.37. The van der Waals surface area contributed by atoms with Gasteiger partial charge in [0.2, 0.25) is 5.91 Å². The summed E-state index contributed by atoms with van der Waals surface area (Å²) < 4.78 is 2.13. The van der Waals surface area contributed by atoms with Crippen LogP contribution in [-0.4, -0.2) is 68.4 Å². The maximum Gasteiger partial charge on any atom is 0.234 e. The number of fused-ring (bicyclic) bond motifs is 2. The summed E-state index contributed by atoms with van der Waals surface area (Å²) in [5.74, 6) is 1.87. The van der Waals surface area contributed by atoms with Crippen molar-refractivity contribution in [3.63, 3.8) is 0 Å². The monoisotopic (exact) mass is 576 g/mol. The molecule has 43 heavy (non-hydrogen) atoms. The second kappa shape index (κ2) is 12.5. The second-order valence-electron chi connectivity index (χ2n) is 11.7. The lowest BCUT2D eigenvalue weighted by Crippen LogP contribution is -2.47. The number of benzene rings is 2. The Morgan fingerprint density at radius 2 is 1.86 bits per heavy atom. The summed E-state index contributed by atoms with van der Waals surface area (Å²) in [4.78, 5) is 29.0. The number of hydrogen-bond acceptors (Lipinski definition) is 7. The fourth-order valence-corrected chi connectivity index (χ4v) is 6.10. The highest BCUT2D eigenvalue weighted by molar-refractivity contribution is 5.91. The van der Waals surface area contributed by atoms with Crippen LogP contribution in [0.2, 0.25) is 0 Å². The fraction of sp³-hybridized carbons (Fsp3) is 0.353. The van der Waals surface area contributed by atoms with Crippen molar-refractivity contribution in [2.75, 3.05) is 31.9 Å². The molecule has 2 aromatic carbocycles. The fourth-order valence-electron chi connectivity index (χ4n) is 6.10. The Labute approximate surface area is 252 Å². The first-order valence-electron chi connectivity index (χ1n) is 15.2. The Morgan fingerprint density at radius 1 is 1.07 bits per heavy atom. The van der Waals surface area contributed by atoms with E-state index in [1.807, 2.05) is 38.2 Å². The Kier molecular flexibility index (Phi) is 8.35. The van der Waals surface area contributed by atoms with Crippen molar-refractivity contribution < 1.29 is 4.79 Å². The van der Waals surface area contributed by atoms with E-state index in [0.717, 1.165) is 77.2 Å². The van der Waals surface area contributed by atoms with Crippen LogP contribution in [0.4, 0.5) is 5.82 Å². The van der Waals surface area contributed by atoms with Gasteiger partial charge in [-0.1, -0.05) is 55.5 Å². The molecule has 9 heteroatoms. The topological polar surface area (TPSA) is 113 Å². The number of hydrogen-bond donors (Lipinski definition) is 3. The van der Waals surface area contributed by atoms with Crippen LogP contribution >= 0.6 is 0 Å². The third-order valence-corrected chi connectivity index (χ3v) is 8.36. The summed E-state index contributed by atoms with van der Waals surface area (Å²) in [6.07, 6.45) is 5.78. The van der Waals surface area contributed by atoms with E-state index < -0.39 is 0 Å². The summed E-state index contributed by atoms with van der Waals surface area (Å²) >= 11 is 0. The largest absolute Gasteiger partial charge is 0.382 e. The number of aromatic nitrogens is 4. The molecule has 6 rings (SSSR count). The quantitative estimate of drug-likeness (QED) is 0.192. The highest BCUT2D eigenvalue weighted by Crippen LogP contribution is 2.42. The number of anilines is 1. The minimum atomic E-state index is 0.0383. The Bertz CT molecular complexity index is 1730. The van der Waals surface area contributed by atoms with Crippen molar-refractivity contribution in [1.82, 2.24) is 34.9 Å². The van der Waals surface area contributed by atoms with Gasteiger partial charge in [0.25, 0.3) is 0 Å². The Balaban J connectivity index is 1.20. The van der Waals surface area contributed by atoms with Crippen molar-refractivity contribution in [2.45, 2.75) is 51.6 Å². The Hall–Kier alpha value is -4.34. The van der Waals surface area contributed by atoms with Gasteiger partial charge in [0.15, 0.2) is 0 Å². The van der Waals surface area contributed by atoms with E-state index in [2.05, 4.69) is 74.3 Å². The molecule has 4 N–H and O–H groups in total. The molecule has 1 amide bonds. The smallest absolute Gasteiger partial charge is 0.234 e. The zero-order chi connectivity index (χ0) is 29.9. The van der Waals surface area contributed by atoms with E-state index in [-0.39, 0.29) is 11.9 Å². The van der Waals surface area contributed by atoms with Crippen molar-refractivity contribution >= 4 is 28.1 Å². The highest BCUT2D eigenvalue weighted by atomic mass is 16.1.